The summed E-state index contributed by atoms with van der Waals surface area (Å²) >= 11 is 5.61. The van der Waals surface area contributed by atoms with Crippen molar-refractivity contribution in [2.24, 2.45) is 0 Å². The van der Waals surface area contributed by atoms with E-state index in [0.29, 0.717) is 12.1 Å². The molecule has 0 amide bonds. The van der Waals surface area contributed by atoms with Gasteiger partial charge in [-0.05, 0) is 12.1 Å². The molecule has 18 heavy (non-hydrogen) atoms. The highest BCUT2D eigenvalue weighted by molar-refractivity contribution is 8.13. The SMILES string of the molecule is COc1c(Cl)cc(C(F)(F)F)cc1CS(=O)(=O)Cl. The number of methoxy groups -OCH3 is 1. The third kappa shape index (κ3) is 3.93. The van der Waals surface area contributed by atoms with E-state index in [0.717, 1.165) is 0 Å². The molecule has 0 aliphatic carbocycles. The number of alkyl halides is 3. The lowest BCUT2D eigenvalue weighted by molar-refractivity contribution is -0.137. The number of ether oxygens (including phenoxy) is 1. The van der Waals surface area contributed by atoms with Crippen LogP contribution in [-0.4, -0.2) is 15.5 Å². The van der Waals surface area contributed by atoms with Crippen molar-refractivity contribution in [1.82, 2.24) is 0 Å². The molecule has 0 heterocycles. The second-order valence-corrected chi connectivity index (χ2v) is 6.52. The summed E-state index contributed by atoms with van der Waals surface area (Å²) in [6.07, 6.45) is -4.64. The molecule has 0 atom stereocenters. The monoisotopic (exact) mass is 322 g/mol. The number of hydrogen-bond donors (Lipinski definition) is 0. The maximum atomic E-state index is 12.5. The molecule has 0 spiro atoms. The van der Waals surface area contributed by atoms with Crippen LogP contribution < -0.4 is 4.74 Å². The fourth-order valence-electron chi connectivity index (χ4n) is 1.34. The standard InChI is InChI=1S/C9H7Cl2F3O3S/c1-17-8-5(4-18(11,15)16)2-6(3-7(8)10)9(12,13)14/h2-3H,4H2,1H3. The predicted molar refractivity (Wildman–Crippen MR) is 61.5 cm³/mol. The van der Waals surface area contributed by atoms with E-state index >= 15 is 0 Å². The summed E-state index contributed by atoms with van der Waals surface area (Å²) in [6.45, 7) is 0. The van der Waals surface area contributed by atoms with Gasteiger partial charge in [0.25, 0.3) is 0 Å². The fourth-order valence-corrected chi connectivity index (χ4v) is 2.59. The van der Waals surface area contributed by atoms with Gasteiger partial charge in [-0.15, -0.1) is 0 Å². The number of halogens is 5. The van der Waals surface area contributed by atoms with Crippen molar-refractivity contribution in [3.63, 3.8) is 0 Å². The molecule has 1 rings (SSSR count). The van der Waals surface area contributed by atoms with Crippen LogP contribution in [0.2, 0.25) is 5.02 Å². The lowest BCUT2D eigenvalue weighted by Gasteiger charge is -2.13. The Bertz CT molecular complexity index is 555. The van der Waals surface area contributed by atoms with Crippen LogP contribution in [0.3, 0.4) is 0 Å². The molecule has 0 unspecified atom stereocenters. The molecule has 0 aliphatic heterocycles. The van der Waals surface area contributed by atoms with Crippen molar-refractivity contribution in [1.29, 1.82) is 0 Å². The van der Waals surface area contributed by atoms with E-state index in [1.807, 2.05) is 0 Å². The van der Waals surface area contributed by atoms with Crippen molar-refractivity contribution in [2.45, 2.75) is 11.9 Å². The summed E-state index contributed by atoms with van der Waals surface area (Å²) in [6, 6.07) is 1.30. The van der Waals surface area contributed by atoms with Gasteiger partial charge in [0.1, 0.15) is 5.75 Å². The van der Waals surface area contributed by atoms with E-state index in [4.69, 9.17) is 27.0 Å². The molecule has 3 nitrogen and oxygen atoms in total. The molecule has 102 valence electrons. The second-order valence-electron chi connectivity index (χ2n) is 3.33. The Balaban J connectivity index is 3.42. The first-order valence-corrected chi connectivity index (χ1v) is 7.26. The second kappa shape index (κ2) is 5.14. The Labute approximate surface area is 111 Å². The van der Waals surface area contributed by atoms with Crippen molar-refractivity contribution >= 4 is 31.3 Å². The third-order valence-corrected chi connectivity index (χ3v) is 3.24. The quantitative estimate of drug-likeness (QED) is 0.801. The molecule has 0 saturated heterocycles. The normalized spacial score (nSPS) is 12.6. The van der Waals surface area contributed by atoms with Gasteiger partial charge < -0.3 is 4.74 Å². The van der Waals surface area contributed by atoms with Crippen LogP contribution in [0.15, 0.2) is 12.1 Å². The zero-order chi connectivity index (χ0) is 14.1. The smallest absolute Gasteiger partial charge is 0.416 e. The molecule has 0 aromatic heterocycles. The lowest BCUT2D eigenvalue weighted by Crippen LogP contribution is -2.08. The highest BCUT2D eigenvalue weighted by Gasteiger charge is 2.32. The van der Waals surface area contributed by atoms with Gasteiger partial charge in [-0.1, -0.05) is 11.6 Å². The van der Waals surface area contributed by atoms with Crippen LogP contribution >= 0.6 is 22.3 Å². The zero-order valence-electron chi connectivity index (χ0n) is 8.88. The molecule has 0 radical (unpaired) electrons. The Morgan fingerprint density at radius 1 is 1.33 bits per heavy atom. The number of benzene rings is 1. The van der Waals surface area contributed by atoms with Gasteiger partial charge in [0.2, 0.25) is 9.05 Å². The molecular formula is C9H7Cl2F3O3S. The van der Waals surface area contributed by atoms with E-state index in [1.54, 1.807) is 0 Å². The first-order valence-electron chi connectivity index (χ1n) is 4.40. The molecule has 0 N–H and O–H groups in total. The largest absolute Gasteiger partial charge is 0.495 e. The summed E-state index contributed by atoms with van der Waals surface area (Å²) in [4.78, 5) is 0. The molecule has 9 heteroatoms. The molecule has 0 saturated carbocycles. The van der Waals surface area contributed by atoms with Gasteiger partial charge in [0.05, 0.1) is 23.4 Å². The topological polar surface area (TPSA) is 43.4 Å². The van der Waals surface area contributed by atoms with Crippen LogP contribution in [-0.2, 0) is 21.0 Å². The van der Waals surface area contributed by atoms with E-state index < -0.39 is 26.5 Å². The van der Waals surface area contributed by atoms with E-state index in [-0.39, 0.29) is 16.3 Å². The average molecular weight is 323 g/mol. The van der Waals surface area contributed by atoms with Crippen LogP contribution in [0.4, 0.5) is 13.2 Å². The van der Waals surface area contributed by atoms with Crippen molar-refractivity contribution in [2.75, 3.05) is 7.11 Å². The average Bonchev–Trinajstić information content (AvgIpc) is 2.13. The van der Waals surface area contributed by atoms with E-state index in [1.165, 1.54) is 7.11 Å². The molecule has 0 bridgehead atoms. The highest BCUT2D eigenvalue weighted by atomic mass is 35.7. The molecule has 1 aromatic carbocycles. The van der Waals surface area contributed by atoms with Gasteiger partial charge >= 0.3 is 6.18 Å². The van der Waals surface area contributed by atoms with E-state index in [9.17, 15) is 21.6 Å². The molecule has 1 aromatic rings. The minimum absolute atomic E-state index is 0.145. The minimum Gasteiger partial charge on any atom is -0.495 e. The van der Waals surface area contributed by atoms with Crippen molar-refractivity contribution < 1.29 is 26.3 Å². The molecule has 0 aliphatic rings. The lowest BCUT2D eigenvalue weighted by atomic mass is 10.1. The van der Waals surface area contributed by atoms with Gasteiger partial charge in [-0.2, -0.15) is 13.2 Å². The summed E-state index contributed by atoms with van der Waals surface area (Å²) in [5, 5.41) is -0.331. The van der Waals surface area contributed by atoms with Crippen LogP contribution in [0.5, 0.6) is 5.75 Å². The van der Waals surface area contributed by atoms with Gasteiger partial charge in [0, 0.05) is 16.2 Å². The van der Waals surface area contributed by atoms with Crippen molar-refractivity contribution in [3.8, 4) is 5.75 Å². The van der Waals surface area contributed by atoms with Crippen LogP contribution in [0.1, 0.15) is 11.1 Å². The zero-order valence-corrected chi connectivity index (χ0v) is 11.2. The fraction of sp³-hybridized carbons (Fsp3) is 0.333. The maximum absolute atomic E-state index is 12.5. The highest BCUT2D eigenvalue weighted by Crippen LogP contribution is 2.38. The first-order chi connectivity index (χ1) is 8.04. The summed E-state index contributed by atoms with van der Waals surface area (Å²) in [5.74, 6) is -0.949. The van der Waals surface area contributed by atoms with Gasteiger partial charge in [0.15, 0.2) is 0 Å². The minimum atomic E-state index is -4.64. The number of hydrogen-bond acceptors (Lipinski definition) is 3. The summed E-state index contributed by atoms with van der Waals surface area (Å²) in [5.41, 5.74) is -1.31. The third-order valence-electron chi connectivity index (χ3n) is 1.98. The summed E-state index contributed by atoms with van der Waals surface area (Å²) in [7, 11) is 2.15. The maximum Gasteiger partial charge on any atom is 0.416 e. The Kier molecular flexibility index (Phi) is 4.40. The summed E-state index contributed by atoms with van der Waals surface area (Å²) < 4.78 is 64.2. The van der Waals surface area contributed by atoms with Gasteiger partial charge in [-0.25, -0.2) is 8.42 Å². The van der Waals surface area contributed by atoms with Crippen LogP contribution in [0, 0.1) is 0 Å². The van der Waals surface area contributed by atoms with Crippen molar-refractivity contribution in [3.05, 3.63) is 28.3 Å². The molecular weight excluding hydrogens is 316 g/mol. The predicted octanol–water partition coefficient (Wildman–Crippen LogP) is 3.44. The molecule has 0 fully saturated rings. The Morgan fingerprint density at radius 2 is 1.89 bits per heavy atom. The van der Waals surface area contributed by atoms with Crippen LogP contribution in [0.25, 0.3) is 0 Å². The van der Waals surface area contributed by atoms with Gasteiger partial charge in [-0.3, -0.25) is 0 Å². The Hall–Kier alpha value is -0.660. The number of rotatable bonds is 3. The van der Waals surface area contributed by atoms with E-state index in [2.05, 4.69) is 0 Å². The first kappa shape index (κ1) is 15.4. The Morgan fingerprint density at radius 3 is 2.28 bits per heavy atom.